The van der Waals surface area contributed by atoms with Gasteiger partial charge in [0, 0.05) is 25.5 Å². The maximum Gasteiger partial charge on any atom is 0.118 e. The second-order valence-corrected chi connectivity index (χ2v) is 6.74. The number of hydrogen-bond donors (Lipinski definition) is 0. The highest BCUT2D eigenvalue weighted by Crippen LogP contribution is 2.24. The highest BCUT2D eigenvalue weighted by atomic mass is 16.5. The van der Waals surface area contributed by atoms with Gasteiger partial charge in [-0.25, -0.2) is 0 Å². The molecule has 4 rings (SSSR count). The number of benzene rings is 2. The highest BCUT2D eigenvalue weighted by molar-refractivity contribution is 5.57. The summed E-state index contributed by atoms with van der Waals surface area (Å²) in [6.07, 6.45) is 4.26. The van der Waals surface area contributed by atoms with Crippen LogP contribution in [0.1, 0.15) is 11.1 Å². The Kier molecular flexibility index (Phi) is 5.20. The van der Waals surface area contributed by atoms with Crippen molar-refractivity contribution in [2.45, 2.75) is 13.1 Å². The molecule has 0 aliphatic rings. The minimum Gasteiger partial charge on any atom is -0.497 e. The maximum atomic E-state index is 5.26. The van der Waals surface area contributed by atoms with Gasteiger partial charge in [-0.15, -0.1) is 0 Å². The Morgan fingerprint density at radius 2 is 0.964 bits per heavy atom. The van der Waals surface area contributed by atoms with Crippen LogP contribution in [-0.4, -0.2) is 23.4 Å². The number of aromatic nitrogens is 2. The molecule has 0 aliphatic heterocycles. The second-order valence-electron chi connectivity index (χ2n) is 6.74. The Morgan fingerprint density at radius 1 is 0.571 bits per heavy atom. The van der Waals surface area contributed by atoms with Gasteiger partial charge in [0.2, 0.25) is 0 Å². The van der Waals surface area contributed by atoms with Crippen LogP contribution in [-0.2, 0) is 13.1 Å². The van der Waals surface area contributed by atoms with Crippen molar-refractivity contribution in [2.24, 2.45) is 0 Å². The second kappa shape index (κ2) is 8.09. The van der Waals surface area contributed by atoms with Gasteiger partial charge in [-0.05, 0) is 59.7 Å². The summed E-state index contributed by atoms with van der Waals surface area (Å²) in [6.45, 7) is 1.64. The van der Waals surface area contributed by atoms with Crippen molar-refractivity contribution in [3.05, 3.63) is 96.3 Å². The molecule has 0 saturated carbocycles. The predicted octanol–water partition coefficient (Wildman–Crippen LogP) is 5.07. The topological polar surface area (TPSA) is 28.3 Å². The third-order valence-corrected chi connectivity index (χ3v) is 4.95. The summed E-state index contributed by atoms with van der Waals surface area (Å²) in [5, 5.41) is 0. The van der Waals surface area contributed by atoms with Crippen LogP contribution in [0.4, 0.5) is 0 Å². The van der Waals surface area contributed by atoms with E-state index in [9.17, 15) is 0 Å². The standard InChI is InChI=1S/C24H24N2O2/c1-27-21-11-7-19(8-12-21)17-25-15-3-5-23(25)24-6-4-16-26(24)18-20-9-13-22(28-2)14-10-20/h3-16H,17-18H2,1-2H3. The van der Waals surface area contributed by atoms with Gasteiger partial charge in [0.1, 0.15) is 11.5 Å². The molecule has 28 heavy (non-hydrogen) atoms. The lowest BCUT2D eigenvalue weighted by atomic mass is 10.2. The summed E-state index contributed by atoms with van der Waals surface area (Å²) in [4.78, 5) is 0. The molecule has 2 aromatic heterocycles. The van der Waals surface area contributed by atoms with Crippen LogP contribution >= 0.6 is 0 Å². The van der Waals surface area contributed by atoms with Gasteiger partial charge >= 0.3 is 0 Å². The van der Waals surface area contributed by atoms with Crippen LogP contribution in [0.15, 0.2) is 85.2 Å². The number of nitrogens with zero attached hydrogens (tertiary/aromatic N) is 2. The van der Waals surface area contributed by atoms with E-state index < -0.39 is 0 Å². The smallest absolute Gasteiger partial charge is 0.118 e. The lowest BCUT2D eigenvalue weighted by Crippen LogP contribution is -2.05. The van der Waals surface area contributed by atoms with E-state index in [1.165, 1.54) is 22.5 Å². The van der Waals surface area contributed by atoms with Crippen molar-refractivity contribution < 1.29 is 9.47 Å². The van der Waals surface area contributed by atoms with Gasteiger partial charge in [-0.2, -0.15) is 0 Å². The van der Waals surface area contributed by atoms with E-state index in [0.29, 0.717) is 0 Å². The van der Waals surface area contributed by atoms with Crippen molar-refractivity contribution in [3.63, 3.8) is 0 Å². The summed E-state index contributed by atoms with van der Waals surface area (Å²) >= 11 is 0. The predicted molar refractivity (Wildman–Crippen MR) is 112 cm³/mol. The molecule has 4 nitrogen and oxygen atoms in total. The van der Waals surface area contributed by atoms with Crippen molar-refractivity contribution in [2.75, 3.05) is 14.2 Å². The van der Waals surface area contributed by atoms with Gasteiger partial charge < -0.3 is 18.6 Å². The number of methoxy groups -OCH3 is 2. The molecule has 0 saturated heterocycles. The van der Waals surface area contributed by atoms with E-state index in [1.807, 2.05) is 24.3 Å². The molecule has 4 heteroatoms. The molecule has 0 bridgehead atoms. The average molecular weight is 372 g/mol. The van der Waals surface area contributed by atoms with Crippen molar-refractivity contribution in [1.82, 2.24) is 9.13 Å². The fourth-order valence-corrected chi connectivity index (χ4v) is 3.42. The first-order valence-electron chi connectivity index (χ1n) is 9.33. The van der Waals surface area contributed by atoms with E-state index in [0.717, 1.165) is 24.6 Å². The quantitative estimate of drug-likeness (QED) is 0.453. The zero-order chi connectivity index (χ0) is 19.3. The summed E-state index contributed by atoms with van der Waals surface area (Å²) in [5.41, 5.74) is 4.89. The van der Waals surface area contributed by atoms with Crippen LogP contribution in [0.5, 0.6) is 11.5 Å². The third-order valence-electron chi connectivity index (χ3n) is 4.95. The Labute approximate surface area is 165 Å². The van der Waals surface area contributed by atoms with Crippen LogP contribution in [0, 0.1) is 0 Å². The molecule has 0 spiro atoms. The van der Waals surface area contributed by atoms with E-state index in [1.54, 1.807) is 14.2 Å². The molecule has 0 N–H and O–H groups in total. The first kappa shape index (κ1) is 18.0. The lowest BCUT2D eigenvalue weighted by Gasteiger charge is -2.14. The van der Waals surface area contributed by atoms with Gasteiger partial charge in [0.05, 0.1) is 25.6 Å². The zero-order valence-electron chi connectivity index (χ0n) is 16.2. The first-order chi connectivity index (χ1) is 13.8. The molecule has 142 valence electrons. The lowest BCUT2D eigenvalue weighted by molar-refractivity contribution is 0.414. The molecule has 0 amide bonds. The van der Waals surface area contributed by atoms with Crippen LogP contribution in [0.2, 0.25) is 0 Å². The normalized spacial score (nSPS) is 10.8. The third kappa shape index (κ3) is 3.81. The van der Waals surface area contributed by atoms with Crippen molar-refractivity contribution in [1.29, 1.82) is 0 Å². The largest absolute Gasteiger partial charge is 0.497 e. The minimum absolute atomic E-state index is 0.819. The zero-order valence-corrected chi connectivity index (χ0v) is 16.2. The van der Waals surface area contributed by atoms with Gasteiger partial charge in [-0.3, -0.25) is 0 Å². The summed E-state index contributed by atoms with van der Waals surface area (Å²) in [7, 11) is 3.38. The Balaban J connectivity index is 1.57. The molecule has 4 aromatic rings. The van der Waals surface area contributed by atoms with E-state index in [4.69, 9.17) is 9.47 Å². The Hall–Kier alpha value is -3.40. The number of rotatable bonds is 7. The van der Waals surface area contributed by atoms with Crippen LogP contribution in [0.25, 0.3) is 11.4 Å². The van der Waals surface area contributed by atoms with E-state index >= 15 is 0 Å². The molecule has 2 aromatic carbocycles. The Bertz CT molecular complexity index is 941. The van der Waals surface area contributed by atoms with Crippen LogP contribution in [0.3, 0.4) is 0 Å². The summed E-state index contributed by atoms with van der Waals surface area (Å²) < 4.78 is 15.1. The first-order valence-corrected chi connectivity index (χ1v) is 9.33. The average Bonchev–Trinajstić information content (AvgIpc) is 3.38. The number of hydrogen-bond acceptors (Lipinski definition) is 2. The SMILES string of the molecule is COc1ccc(Cn2cccc2-c2cccn2Cc2ccc(OC)cc2)cc1. The van der Waals surface area contributed by atoms with Gasteiger partial charge in [0.25, 0.3) is 0 Å². The monoisotopic (exact) mass is 372 g/mol. The van der Waals surface area contributed by atoms with E-state index in [-0.39, 0.29) is 0 Å². The molecule has 0 atom stereocenters. The number of ether oxygens (including phenoxy) is 2. The molecule has 2 heterocycles. The molecular formula is C24H24N2O2. The molecule has 0 aliphatic carbocycles. The van der Waals surface area contributed by atoms with E-state index in [2.05, 4.69) is 70.1 Å². The summed E-state index contributed by atoms with van der Waals surface area (Å²) in [5.74, 6) is 1.76. The molecule has 0 fully saturated rings. The molecular weight excluding hydrogens is 348 g/mol. The Morgan fingerprint density at radius 3 is 1.32 bits per heavy atom. The van der Waals surface area contributed by atoms with Gasteiger partial charge in [0.15, 0.2) is 0 Å². The van der Waals surface area contributed by atoms with Crippen LogP contribution < -0.4 is 9.47 Å². The fraction of sp³-hybridized carbons (Fsp3) is 0.167. The minimum atomic E-state index is 0.819. The molecule has 0 radical (unpaired) electrons. The molecule has 0 unspecified atom stereocenters. The highest BCUT2D eigenvalue weighted by Gasteiger charge is 2.10. The van der Waals surface area contributed by atoms with Crippen molar-refractivity contribution >= 4 is 0 Å². The van der Waals surface area contributed by atoms with Crippen molar-refractivity contribution in [3.8, 4) is 22.9 Å². The fourth-order valence-electron chi connectivity index (χ4n) is 3.42. The van der Waals surface area contributed by atoms with Gasteiger partial charge in [-0.1, -0.05) is 24.3 Å². The maximum absolute atomic E-state index is 5.26. The summed E-state index contributed by atoms with van der Waals surface area (Å²) in [6, 6.07) is 25.0.